The van der Waals surface area contributed by atoms with Crippen molar-refractivity contribution in [3.63, 3.8) is 0 Å². The SMILES string of the molecule is C[C@]12O[C@H]1C(=O)c1ccccc1C2=O. The van der Waals surface area contributed by atoms with E-state index in [1.165, 1.54) is 0 Å². The first-order valence-corrected chi connectivity index (χ1v) is 4.50. The second-order valence-corrected chi connectivity index (χ2v) is 3.84. The van der Waals surface area contributed by atoms with Gasteiger partial charge in [-0.05, 0) is 6.92 Å². The molecule has 1 fully saturated rings. The van der Waals surface area contributed by atoms with E-state index in [1.54, 1.807) is 31.2 Å². The van der Waals surface area contributed by atoms with Gasteiger partial charge in [0.05, 0.1) is 0 Å². The van der Waals surface area contributed by atoms with E-state index in [1.807, 2.05) is 0 Å². The smallest absolute Gasteiger partial charge is 0.198 e. The van der Waals surface area contributed by atoms with Gasteiger partial charge in [0.1, 0.15) is 0 Å². The van der Waals surface area contributed by atoms with Gasteiger partial charge in [0.2, 0.25) is 0 Å². The highest BCUT2D eigenvalue weighted by atomic mass is 16.6. The molecule has 0 aromatic heterocycles. The summed E-state index contributed by atoms with van der Waals surface area (Å²) in [5.74, 6) is -0.139. The van der Waals surface area contributed by atoms with E-state index in [0.717, 1.165) is 0 Å². The number of ketones is 2. The highest BCUT2D eigenvalue weighted by Crippen LogP contribution is 2.45. The Morgan fingerprint density at radius 2 is 1.86 bits per heavy atom. The van der Waals surface area contributed by atoms with Crippen LogP contribution in [0.3, 0.4) is 0 Å². The molecule has 1 aliphatic carbocycles. The molecule has 3 nitrogen and oxygen atoms in total. The zero-order chi connectivity index (χ0) is 9.92. The first-order chi connectivity index (χ1) is 6.64. The van der Waals surface area contributed by atoms with Crippen LogP contribution in [0.5, 0.6) is 0 Å². The summed E-state index contributed by atoms with van der Waals surface area (Å²) < 4.78 is 5.17. The Kier molecular flexibility index (Phi) is 1.19. The molecule has 0 unspecified atom stereocenters. The topological polar surface area (TPSA) is 46.7 Å². The zero-order valence-corrected chi connectivity index (χ0v) is 7.61. The Morgan fingerprint density at radius 1 is 1.21 bits per heavy atom. The van der Waals surface area contributed by atoms with E-state index in [-0.39, 0.29) is 11.6 Å². The summed E-state index contributed by atoms with van der Waals surface area (Å²) in [5.41, 5.74) is 0.122. The fourth-order valence-electron chi connectivity index (χ4n) is 1.99. The highest BCUT2D eigenvalue weighted by molar-refractivity contribution is 6.22. The molecule has 0 N–H and O–H groups in total. The monoisotopic (exact) mass is 188 g/mol. The maximum Gasteiger partial charge on any atom is 0.198 e. The number of benzene rings is 1. The van der Waals surface area contributed by atoms with Crippen LogP contribution in [-0.4, -0.2) is 23.3 Å². The van der Waals surface area contributed by atoms with Crippen molar-refractivity contribution < 1.29 is 14.3 Å². The predicted octanol–water partition coefficient (Wildman–Crippen LogP) is 1.22. The minimum absolute atomic E-state index is 0.0669. The van der Waals surface area contributed by atoms with Gasteiger partial charge in [-0.25, -0.2) is 0 Å². The molecule has 3 heteroatoms. The van der Waals surface area contributed by atoms with Crippen molar-refractivity contribution in [2.45, 2.75) is 18.6 Å². The molecule has 2 atom stereocenters. The van der Waals surface area contributed by atoms with Crippen molar-refractivity contribution in [3.8, 4) is 0 Å². The highest BCUT2D eigenvalue weighted by Gasteiger charge is 2.65. The van der Waals surface area contributed by atoms with Crippen molar-refractivity contribution in [2.24, 2.45) is 0 Å². The van der Waals surface area contributed by atoms with Crippen LogP contribution in [0.2, 0.25) is 0 Å². The third kappa shape index (κ3) is 0.715. The van der Waals surface area contributed by atoms with Crippen molar-refractivity contribution >= 4 is 11.6 Å². The van der Waals surface area contributed by atoms with E-state index in [4.69, 9.17) is 4.74 Å². The van der Waals surface area contributed by atoms with Crippen LogP contribution >= 0.6 is 0 Å². The molecule has 0 amide bonds. The number of rotatable bonds is 0. The molecule has 14 heavy (non-hydrogen) atoms. The van der Waals surface area contributed by atoms with E-state index in [0.29, 0.717) is 11.1 Å². The summed E-state index contributed by atoms with van der Waals surface area (Å²) in [6, 6.07) is 6.88. The maximum absolute atomic E-state index is 11.8. The van der Waals surface area contributed by atoms with Crippen molar-refractivity contribution in [3.05, 3.63) is 35.4 Å². The Balaban J connectivity index is 2.27. The lowest BCUT2D eigenvalue weighted by atomic mass is 9.83. The molecule has 1 heterocycles. The Bertz CT molecular complexity index is 463. The molecule has 3 rings (SSSR count). The molecular formula is C11H8O3. The van der Waals surface area contributed by atoms with Gasteiger partial charge in [-0.15, -0.1) is 0 Å². The lowest BCUT2D eigenvalue weighted by Gasteiger charge is -2.14. The number of hydrogen-bond acceptors (Lipinski definition) is 3. The molecule has 0 radical (unpaired) electrons. The number of fused-ring (bicyclic) bond motifs is 2. The van der Waals surface area contributed by atoms with Gasteiger partial charge in [0, 0.05) is 11.1 Å². The summed E-state index contributed by atoms with van der Waals surface area (Å²) in [6.07, 6.45) is -0.537. The van der Waals surface area contributed by atoms with Gasteiger partial charge in [0.15, 0.2) is 23.3 Å². The molecule has 1 aliphatic heterocycles. The number of hydrogen-bond donors (Lipinski definition) is 0. The number of epoxide rings is 1. The third-order valence-electron chi connectivity index (χ3n) is 2.93. The molecule has 0 bridgehead atoms. The Labute approximate surface area is 80.7 Å². The van der Waals surface area contributed by atoms with Gasteiger partial charge < -0.3 is 4.74 Å². The van der Waals surface area contributed by atoms with Crippen LogP contribution in [-0.2, 0) is 4.74 Å². The van der Waals surface area contributed by atoms with Gasteiger partial charge in [-0.3, -0.25) is 9.59 Å². The molecule has 1 aromatic rings. The van der Waals surface area contributed by atoms with Crippen molar-refractivity contribution in [1.29, 1.82) is 0 Å². The number of Topliss-reactive ketones (excluding diaryl/α,β-unsaturated/α-hetero) is 2. The summed E-state index contributed by atoms with van der Waals surface area (Å²) >= 11 is 0. The average molecular weight is 188 g/mol. The van der Waals surface area contributed by atoms with E-state index >= 15 is 0 Å². The first-order valence-electron chi connectivity index (χ1n) is 4.50. The summed E-state index contributed by atoms with van der Waals surface area (Å²) in [5, 5.41) is 0. The number of carbonyl (C=O) groups is 2. The lowest BCUT2D eigenvalue weighted by molar-refractivity contribution is 0.0874. The van der Waals surface area contributed by atoms with Gasteiger partial charge >= 0.3 is 0 Å². The normalized spacial score (nSPS) is 33.6. The Morgan fingerprint density at radius 3 is 2.57 bits per heavy atom. The van der Waals surface area contributed by atoms with Gasteiger partial charge in [0.25, 0.3) is 0 Å². The molecule has 0 spiro atoms. The fraction of sp³-hybridized carbons (Fsp3) is 0.273. The van der Waals surface area contributed by atoms with Crippen LogP contribution < -0.4 is 0 Å². The van der Waals surface area contributed by atoms with Crippen molar-refractivity contribution in [1.82, 2.24) is 0 Å². The quantitative estimate of drug-likeness (QED) is 0.575. The Hall–Kier alpha value is -1.48. The molecule has 1 saturated heterocycles. The largest absolute Gasteiger partial charge is 0.349 e. The van der Waals surface area contributed by atoms with Crippen LogP contribution in [0.15, 0.2) is 24.3 Å². The molecular weight excluding hydrogens is 180 g/mol. The number of carbonyl (C=O) groups excluding carboxylic acids is 2. The van der Waals surface area contributed by atoms with Gasteiger partial charge in [-0.2, -0.15) is 0 Å². The third-order valence-corrected chi connectivity index (χ3v) is 2.93. The summed E-state index contributed by atoms with van der Waals surface area (Å²) in [7, 11) is 0. The van der Waals surface area contributed by atoms with E-state index < -0.39 is 11.7 Å². The summed E-state index contributed by atoms with van der Waals surface area (Å²) in [6.45, 7) is 1.67. The maximum atomic E-state index is 11.8. The van der Waals surface area contributed by atoms with E-state index in [9.17, 15) is 9.59 Å². The first kappa shape index (κ1) is 7.88. The standard InChI is InChI=1S/C11H8O3/c1-11-9(13)7-5-3-2-4-6(7)8(12)10(11)14-11/h2-5,10H,1H3/t10-,11+/m0/s1. The minimum atomic E-state index is -0.870. The average Bonchev–Trinajstić information content (AvgIpc) is 2.89. The minimum Gasteiger partial charge on any atom is -0.349 e. The zero-order valence-electron chi connectivity index (χ0n) is 7.61. The van der Waals surface area contributed by atoms with Crippen LogP contribution in [0, 0.1) is 0 Å². The summed E-state index contributed by atoms with van der Waals surface area (Å²) in [4.78, 5) is 23.6. The van der Waals surface area contributed by atoms with Gasteiger partial charge in [-0.1, -0.05) is 24.3 Å². The van der Waals surface area contributed by atoms with Crippen LogP contribution in [0.1, 0.15) is 27.6 Å². The van der Waals surface area contributed by atoms with E-state index in [2.05, 4.69) is 0 Å². The number of ether oxygens (including phenoxy) is 1. The second-order valence-electron chi connectivity index (χ2n) is 3.84. The van der Waals surface area contributed by atoms with Crippen LogP contribution in [0.4, 0.5) is 0 Å². The lowest BCUT2D eigenvalue weighted by Crippen LogP contribution is -2.34. The second kappa shape index (κ2) is 2.12. The fourth-order valence-corrected chi connectivity index (χ4v) is 1.99. The van der Waals surface area contributed by atoms with Crippen molar-refractivity contribution in [2.75, 3.05) is 0 Å². The van der Waals surface area contributed by atoms with Crippen LogP contribution in [0.25, 0.3) is 0 Å². The molecule has 0 saturated carbocycles. The molecule has 1 aromatic carbocycles. The molecule has 70 valence electrons. The molecule has 2 aliphatic rings. The predicted molar refractivity (Wildman–Crippen MR) is 48.4 cm³/mol.